The molecule has 0 aromatic carbocycles. The van der Waals surface area contributed by atoms with Gasteiger partial charge in [-0.1, -0.05) is 21.6 Å². The third-order valence-corrected chi connectivity index (χ3v) is 18.8. The zero-order chi connectivity index (χ0) is 69.6. The van der Waals surface area contributed by atoms with Gasteiger partial charge in [-0.15, -0.1) is 0 Å². The second kappa shape index (κ2) is 41.4. The summed E-state index contributed by atoms with van der Waals surface area (Å²) in [4.78, 5) is 78.1. The smallest absolute Gasteiger partial charge is 0.309 e. The SMILES string of the molecule is CC(=O)NC1C(OC(C)C)OC(CO)C(O)C1OC1CC(C(=O)NCCSSc2ncccc2[N+](=O)[O-])C(OC(C)C)C(O)C1O.CC(=O)NC1C(OC(C)C)OC(CO)C(O)C1OC1CC(C(=O)O)C(OC(C)C)C(O)C1O.NCCSSc1ncccc1[N+](=O)[O-].[Cl-]. The molecular weight excluding hydrogens is 1350 g/mol. The number of aliphatic hydroxyl groups excluding tert-OH is 8. The van der Waals surface area contributed by atoms with Gasteiger partial charge in [-0.3, -0.25) is 39.4 Å². The molecule has 2 saturated carbocycles. The van der Waals surface area contributed by atoms with Crippen LogP contribution in [0.1, 0.15) is 82.1 Å². The van der Waals surface area contributed by atoms with Gasteiger partial charge in [-0.05, 0) is 102 Å². The molecule has 6 rings (SSSR count). The Morgan fingerprint density at radius 2 is 1.00 bits per heavy atom. The molecule has 20 atom stereocenters. The third-order valence-electron chi connectivity index (χ3n) is 14.2. The lowest BCUT2D eigenvalue weighted by molar-refractivity contribution is -0.388. The van der Waals surface area contributed by atoms with Crippen LogP contribution in [-0.2, 0) is 57.1 Å². The molecule has 94 heavy (non-hydrogen) atoms. The van der Waals surface area contributed by atoms with E-state index in [9.17, 15) is 85.4 Å². The molecule has 4 heterocycles. The van der Waals surface area contributed by atoms with E-state index in [0.29, 0.717) is 17.3 Å². The van der Waals surface area contributed by atoms with E-state index >= 15 is 0 Å². The Balaban J connectivity index is 0.000000416. The number of aromatic nitrogens is 2. The van der Waals surface area contributed by atoms with Crippen molar-refractivity contribution in [2.75, 3.05) is 37.8 Å². The number of nitrogens with zero attached hydrogens (tertiary/aromatic N) is 4. The Bertz CT molecular complexity index is 2680. The van der Waals surface area contributed by atoms with E-state index in [1.54, 1.807) is 67.7 Å². The van der Waals surface area contributed by atoms with Crippen molar-refractivity contribution in [2.45, 2.75) is 227 Å². The highest BCUT2D eigenvalue weighted by Gasteiger charge is 2.55. The molecule has 0 radical (unpaired) electrons. The van der Waals surface area contributed by atoms with Crippen molar-refractivity contribution in [3.05, 3.63) is 56.9 Å². The highest BCUT2D eigenvalue weighted by molar-refractivity contribution is 8.77. The summed E-state index contributed by atoms with van der Waals surface area (Å²) in [7, 11) is 5.11. The number of ether oxygens (including phenoxy) is 8. The van der Waals surface area contributed by atoms with Gasteiger partial charge in [-0.2, -0.15) is 0 Å². The number of nitrogens with two attached hydrogens (primary N) is 1. The predicted molar refractivity (Wildman–Crippen MR) is 337 cm³/mol. The van der Waals surface area contributed by atoms with E-state index in [-0.39, 0.29) is 60.4 Å². The molecule has 2 saturated heterocycles. The molecule has 2 aromatic heterocycles. The van der Waals surface area contributed by atoms with Gasteiger partial charge in [0.2, 0.25) is 17.7 Å². The molecule has 3 amide bonds. The molecule has 33 nitrogen and oxygen atoms in total. The quantitative estimate of drug-likeness (QED) is 0.0169. The number of carboxylic acid groups (broad SMARTS) is 1. The van der Waals surface area contributed by atoms with Crippen LogP contribution in [0.4, 0.5) is 11.4 Å². The van der Waals surface area contributed by atoms with E-state index in [0.717, 1.165) is 16.5 Å². The fraction of sp³-hybridized carbons (Fsp3) is 0.750. The minimum absolute atomic E-state index is 0. The Labute approximate surface area is 565 Å². The normalized spacial score (nSPS) is 30.8. The molecule has 38 heteroatoms. The summed E-state index contributed by atoms with van der Waals surface area (Å²) < 4.78 is 46.4. The second-order valence-corrected chi connectivity index (χ2v) is 27.7. The molecule has 4 fully saturated rings. The van der Waals surface area contributed by atoms with Crippen LogP contribution < -0.4 is 34.1 Å². The second-order valence-electron chi connectivity index (χ2n) is 22.9. The highest BCUT2D eigenvalue weighted by atomic mass is 35.5. The lowest BCUT2D eigenvalue weighted by Gasteiger charge is -2.48. The van der Waals surface area contributed by atoms with Gasteiger partial charge >= 0.3 is 17.3 Å². The standard InChI is InChI=1S/C28H44N4O12S2.C21H37NO11.C7H9N3O2S2.ClH/c1-13(2)41-24-16(26(38)29-9-10-45-46-27-17(32(39)40)7-6-8-30-27)11-18(21(35)23(24)37)43-25-20(31-15(5)34)28(42-14(3)4)44-19(12-33)22(25)36;1-8(2)30-18-11(20(28)29)6-12(15(25)17(18)27)32-19-14(22-10(5)24)21(31-9(3)4)33-13(7-23)16(19)26;8-3-5-13-14-7-6(10(11)12)2-1-4-9-7;/h6-8,13-14,16,18-25,28,33,35-37H,9-12H2,1-5H3,(H,29,38)(H,31,34);8-9,11-19,21,23,25-27H,6-7H2,1-5H3,(H,22,24)(H,28,29);1-2,4H,3,5,8H2;1H/p-1. The van der Waals surface area contributed by atoms with Gasteiger partial charge in [-0.25, -0.2) is 9.97 Å². The zero-order valence-corrected chi connectivity index (χ0v) is 57.4. The Hall–Kier alpha value is -4.01. The molecule has 536 valence electrons. The number of halogens is 1. The first-order chi connectivity index (χ1) is 43.9. The van der Waals surface area contributed by atoms with Crippen molar-refractivity contribution < 1.29 is 125 Å². The van der Waals surface area contributed by atoms with Crippen molar-refractivity contribution >= 4 is 78.2 Å². The number of hydrogen-bond acceptors (Lipinski definition) is 31. The number of nitrogens with one attached hydrogen (secondary N) is 3. The average molecular weight is 1440 g/mol. The Kier molecular flexibility index (Phi) is 37.1. The largest absolute Gasteiger partial charge is 1.00 e. The van der Waals surface area contributed by atoms with E-state index in [1.807, 2.05) is 0 Å². The van der Waals surface area contributed by atoms with E-state index in [2.05, 4.69) is 25.9 Å². The van der Waals surface area contributed by atoms with Crippen LogP contribution in [0, 0.1) is 32.1 Å². The highest BCUT2D eigenvalue weighted by Crippen LogP contribution is 2.39. The van der Waals surface area contributed by atoms with Crippen LogP contribution in [0.2, 0.25) is 0 Å². The number of amides is 3. The fourth-order valence-corrected chi connectivity index (χ4v) is 14.1. The van der Waals surface area contributed by atoms with Crippen LogP contribution in [0.3, 0.4) is 0 Å². The van der Waals surface area contributed by atoms with E-state index in [1.165, 1.54) is 70.6 Å². The van der Waals surface area contributed by atoms with Crippen LogP contribution in [0.15, 0.2) is 46.7 Å². The summed E-state index contributed by atoms with van der Waals surface area (Å²) in [5.74, 6) is -3.74. The number of nitro groups is 2. The van der Waals surface area contributed by atoms with Crippen LogP contribution in [0.5, 0.6) is 0 Å². The lowest BCUT2D eigenvalue weighted by Crippen LogP contribution is -3.00. The van der Waals surface area contributed by atoms with Crippen LogP contribution >= 0.6 is 43.2 Å². The van der Waals surface area contributed by atoms with Gasteiger partial charge < -0.3 is 118 Å². The first-order valence-corrected chi connectivity index (χ1v) is 34.6. The molecule has 0 bridgehead atoms. The van der Waals surface area contributed by atoms with E-state index in [4.69, 9.17) is 43.6 Å². The predicted octanol–water partition coefficient (Wildman–Crippen LogP) is -2.80. The van der Waals surface area contributed by atoms with Gasteiger partial charge in [0.15, 0.2) is 22.6 Å². The summed E-state index contributed by atoms with van der Waals surface area (Å²) in [6, 6.07) is 3.71. The summed E-state index contributed by atoms with van der Waals surface area (Å²) in [5.41, 5.74) is 5.22. The number of pyridine rings is 2. The monoisotopic (exact) mass is 1440 g/mol. The summed E-state index contributed by atoms with van der Waals surface area (Å²) >= 11 is 0. The van der Waals surface area contributed by atoms with Gasteiger partial charge in [0.25, 0.3) is 0 Å². The molecule has 20 unspecified atom stereocenters. The van der Waals surface area contributed by atoms with Crippen LogP contribution in [-0.4, -0.2) is 262 Å². The summed E-state index contributed by atoms with van der Waals surface area (Å²) in [5, 5.41) is 125. The fourth-order valence-electron chi connectivity index (χ4n) is 10.3. The van der Waals surface area contributed by atoms with Crippen molar-refractivity contribution in [1.82, 2.24) is 25.9 Å². The zero-order valence-electron chi connectivity index (χ0n) is 53.4. The van der Waals surface area contributed by atoms with E-state index < -0.39 is 181 Å². The maximum absolute atomic E-state index is 13.5. The first-order valence-electron chi connectivity index (χ1n) is 29.9. The summed E-state index contributed by atoms with van der Waals surface area (Å²) in [6.07, 6.45) is -19.7. The van der Waals surface area contributed by atoms with Crippen molar-refractivity contribution in [1.29, 1.82) is 0 Å². The first kappa shape index (κ1) is 84.2. The number of rotatable bonds is 29. The molecule has 4 aliphatic rings. The molecule has 14 N–H and O–H groups in total. The summed E-state index contributed by atoms with van der Waals surface area (Å²) in [6.45, 7) is 15.8. The Morgan fingerprint density at radius 3 is 1.35 bits per heavy atom. The van der Waals surface area contributed by atoms with Crippen LogP contribution in [0.25, 0.3) is 0 Å². The number of carbonyl (C=O) groups is 4. The van der Waals surface area contributed by atoms with Crippen molar-refractivity contribution in [2.24, 2.45) is 17.6 Å². The van der Waals surface area contributed by atoms with Crippen molar-refractivity contribution in [3.8, 4) is 0 Å². The number of carbonyl (C=O) groups excluding carboxylic acids is 3. The maximum Gasteiger partial charge on any atom is 0.309 e. The molecular formula is C56H90ClN8O25S4-. The number of hydrogen-bond donors (Lipinski definition) is 13. The maximum atomic E-state index is 13.5. The van der Waals surface area contributed by atoms with Crippen molar-refractivity contribution in [3.63, 3.8) is 0 Å². The minimum atomic E-state index is -1.57. The lowest BCUT2D eigenvalue weighted by atomic mass is 9.79. The number of carboxylic acids is 1. The molecule has 2 aliphatic carbocycles. The Morgan fingerprint density at radius 1 is 0.617 bits per heavy atom. The number of aliphatic carboxylic acids is 1. The molecule has 2 aromatic rings. The van der Waals surface area contributed by atoms with Gasteiger partial charge in [0.1, 0.15) is 73.1 Å². The third kappa shape index (κ3) is 25.1. The van der Waals surface area contributed by atoms with Gasteiger partial charge in [0.05, 0.1) is 83.7 Å². The molecule has 0 spiro atoms. The topological polar surface area (TPSA) is 498 Å². The molecule has 2 aliphatic heterocycles. The minimum Gasteiger partial charge on any atom is -1.00 e. The average Bonchev–Trinajstić information content (AvgIpc) is 0.785. The number of aliphatic hydroxyl groups is 8. The van der Waals surface area contributed by atoms with Gasteiger partial charge in [0, 0.05) is 63.0 Å².